The minimum Gasteiger partial charge on any atom is -1.00 e. The largest absolute Gasteiger partial charge is 1.00 e. The first-order valence-electron chi connectivity index (χ1n) is 6.35. The average Bonchev–Trinajstić information content (AvgIpc) is 2.39. The Bertz CT molecular complexity index is 579. The maximum absolute atomic E-state index is 12.1. The lowest BCUT2D eigenvalue weighted by atomic mass is 10.1. The Hall–Kier alpha value is -1.84. The van der Waals surface area contributed by atoms with Gasteiger partial charge in [-0.2, -0.15) is 0 Å². The van der Waals surface area contributed by atoms with Crippen molar-refractivity contribution in [2.24, 2.45) is 0 Å². The van der Waals surface area contributed by atoms with Crippen LogP contribution in [0.25, 0.3) is 0 Å². The average molecular weight is 291 g/mol. The number of quaternary nitrogens is 1. The molecule has 0 bridgehead atoms. The van der Waals surface area contributed by atoms with E-state index >= 15 is 0 Å². The number of carbonyl (C=O) groups is 1. The summed E-state index contributed by atoms with van der Waals surface area (Å²) in [5.74, 6) is -0.0753. The van der Waals surface area contributed by atoms with Crippen molar-refractivity contribution in [3.05, 3.63) is 59.7 Å². The zero-order valence-electron chi connectivity index (χ0n) is 11.9. The lowest BCUT2D eigenvalue weighted by Crippen LogP contribution is -3.00. The molecule has 0 spiro atoms. The van der Waals surface area contributed by atoms with E-state index < -0.39 is 0 Å². The van der Waals surface area contributed by atoms with Gasteiger partial charge in [0.15, 0.2) is 0 Å². The lowest BCUT2D eigenvalue weighted by Gasteiger charge is -2.09. The smallest absolute Gasteiger partial charge is 0.255 e. The number of amides is 1. The van der Waals surface area contributed by atoms with Gasteiger partial charge in [0.2, 0.25) is 0 Å². The summed E-state index contributed by atoms with van der Waals surface area (Å²) in [6.45, 7) is 1.98. The number of hydrogen-bond donors (Lipinski definition) is 2. The van der Waals surface area contributed by atoms with Crippen LogP contribution in [-0.2, 0) is 0 Å². The molecule has 0 saturated heterocycles. The molecule has 0 aromatic heterocycles. The van der Waals surface area contributed by atoms with Crippen molar-refractivity contribution in [2.45, 2.75) is 6.92 Å². The van der Waals surface area contributed by atoms with Gasteiger partial charge in [-0.25, -0.2) is 0 Å². The second-order valence-electron chi connectivity index (χ2n) is 4.90. The van der Waals surface area contributed by atoms with Gasteiger partial charge in [-0.15, -0.1) is 0 Å². The molecule has 0 fully saturated rings. The van der Waals surface area contributed by atoms with E-state index in [-0.39, 0.29) is 18.3 Å². The first-order valence-corrected chi connectivity index (χ1v) is 6.35. The molecule has 20 heavy (non-hydrogen) atoms. The van der Waals surface area contributed by atoms with Crippen LogP contribution in [0.15, 0.2) is 48.5 Å². The highest BCUT2D eigenvalue weighted by Crippen LogP contribution is 2.12. The third kappa shape index (κ3) is 4.08. The van der Waals surface area contributed by atoms with Gasteiger partial charge in [-0.1, -0.05) is 17.7 Å². The molecule has 0 aliphatic carbocycles. The fourth-order valence-corrected chi connectivity index (χ4v) is 1.88. The summed E-state index contributed by atoms with van der Waals surface area (Å²) in [5.41, 5.74) is 3.77. The number of anilines is 1. The summed E-state index contributed by atoms with van der Waals surface area (Å²) < 4.78 is 0. The molecular formula is C16H19ClN2O. The molecule has 2 aromatic rings. The zero-order valence-corrected chi connectivity index (χ0v) is 12.7. The molecule has 0 saturated carbocycles. The monoisotopic (exact) mass is 290 g/mol. The van der Waals surface area contributed by atoms with Crippen LogP contribution in [0.2, 0.25) is 0 Å². The van der Waals surface area contributed by atoms with Gasteiger partial charge >= 0.3 is 0 Å². The van der Waals surface area contributed by atoms with E-state index in [1.807, 2.05) is 55.5 Å². The molecule has 2 rings (SSSR count). The van der Waals surface area contributed by atoms with Gasteiger partial charge in [0, 0.05) is 23.4 Å². The van der Waals surface area contributed by atoms with Crippen molar-refractivity contribution < 1.29 is 22.1 Å². The second-order valence-corrected chi connectivity index (χ2v) is 4.90. The van der Waals surface area contributed by atoms with Crippen LogP contribution >= 0.6 is 0 Å². The van der Waals surface area contributed by atoms with Crippen molar-refractivity contribution in [3.8, 4) is 0 Å². The first-order chi connectivity index (χ1) is 9.06. The van der Waals surface area contributed by atoms with Gasteiger partial charge in [-0.05, 0) is 31.2 Å². The quantitative estimate of drug-likeness (QED) is 0.749. The molecule has 0 unspecified atom stereocenters. The van der Waals surface area contributed by atoms with Crippen molar-refractivity contribution in [2.75, 3.05) is 19.4 Å². The normalized spacial score (nSPS) is 10.0. The molecule has 1 amide bonds. The molecule has 106 valence electrons. The number of rotatable bonds is 3. The van der Waals surface area contributed by atoms with Crippen LogP contribution in [0.3, 0.4) is 0 Å². The van der Waals surface area contributed by atoms with Crippen LogP contribution in [-0.4, -0.2) is 20.0 Å². The van der Waals surface area contributed by atoms with Crippen LogP contribution in [0.1, 0.15) is 15.9 Å². The Morgan fingerprint density at radius 3 is 2.25 bits per heavy atom. The summed E-state index contributed by atoms with van der Waals surface area (Å²) in [6, 6.07) is 15.5. The summed E-state index contributed by atoms with van der Waals surface area (Å²) >= 11 is 0. The lowest BCUT2D eigenvalue weighted by molar-refractivity contribution is -0.786. The van der Waals surface area contributed by atoms with Crippen molar-refractivity contribution in [3.63, 3.8) is 0 Å². The second kappa shape index (κ2) is 7.08. The maximum atomic E-state index is 12.1. The number of hydrogen-bond acceptors (Lipinski definition) is 1. The fraction of sp³-hybridized carbons (Fsp3) is 0.188. The minimum absolute atomic E-state index is 0. The predicted molar refractivity (Wildman–Crippen MR) is 78.0 cm³/mol. The molecule has 0 aliphatic rings. The van der Waals surface area contributed by atoms with E-state index in [2.05, 4.69) is 19.4 Å². The fourth-order valence-electron chi connectivity index (χ4n) is 1.88. The number of carbonyl (C=O) groups excluding carboxylic acids is 1. The van der Waals surface area contributed by atoms with Gasteiger partial charge in [0.25, 0.3) is 5.91 Å². The van der Waals surface area contributed by atoms with Crippen LogP contribution in [0.5, 0.6) is 0 Å². The molecule has 0 atom stereocenters. The number of benzene rings is 2. The van der Waals surface area contributed by atoms with E-state index in [0.29, 0.717) is 5.56 Å². The maximum Gasteiger partial charge on any atom is 0.255 e. The Morgan fingerprint density at radius 1 is 1.05 bits per heavy atom. The van der Waals surface area contributed by atoms with Crippen molar-refractivity contribution >= 4 is 17.3 Å². The van der Waals surface area contributed by atoms with Gasteiger partial charge in [0.05, 0.1) is 14.1 Å². The third-order valence-electron chi connectivity index (χ3n) is 3.00. The molecule has 3 nitrogen and oxygen atoms in total. The Labute approximate surface area is 126 Å². The van der Waals surface area contributed by atoms with E-state index in [0.717, 1.165) is 11.3 Å². The van der Waals surface area contributed by atoms with Crippen LogP contribution < -0.4 is 22.6 Å². The van der Waals surface area contributed by atoms with Gasteiger partial charge < -0.3 is 22.6 Å². The summed E-state index contributed by atoms with van der Waals surface area (Å²) in [6.07, 6.45) is 0. The molecular weight excluding hydrogens is 272 g/mol. The number of aryl methyl sites for hydroxylation is 1. The standard InChI is InChI=1S/C16H18N2O.ClH/c1-12-5-4-6-13(11-12)16(19)17-14-7-9-15(10-8-14)18(2)3;/h4-11H,1-3H3,(H,17,19);1H. The highest BCUT2D eigenvalue weighted by atomic mass is 35.5. The predicted octanol–water partition coefficient (Wildman–Crippen LogP) is -0.973. The summed E-state index contributed by atoms with van der Waals surface area (Å²) in [4.78, 5) is 13.3. The molecule has 0 radical (unpaired) electrons. The van der Waals surface area contributed by atoms with E-state index in [4.69, 9.17) is 0 Å². The van der Waals surface area contributed by atoms with Gasteiger partial charge in [0.1, 0.15) is 5.69 Å². The Morgan fingerprint density at radius 2 is 1.70 bits per heavy atom. The molecule has 2 aromatic carbocycles. The highest BCUT2D eigenvalue weighted by Gasteiger charge is 2.06. The number of nitrogens with one attached hydrogen (secondary N) is 2. The van der Waals surface area contributed by atoms with E-state index in [9.17, 15) is 4.79 Å². The Kier molecular flexibility index (Phi) is 5.74. The third-order valence-corrected chi connectivity index (χ3v) is 3.00. The minimum atomic E-state index is -0.0753. The topological polar surface area (TPSA) is 33.5 Å². The van der Waals surface area contributed by atoms with E-state index in [1.165, 1.54) is 10.6 Å². The Balaban J connectivity index is 0.00000200. The van der Waals surface area contributed by atoms with E-state index in [1.54, 1.807) is 0 Å². The zero-order chi connectivity index (χ0) is 13.8. The molecule has 2 N–H and O–H groups in total. The summed E-state index contributed by atoms with van der Waals surface area (Å²) in [7, 11) is 4.14. The van der Waals surface area contributed by atoms with Gasteiger partial charge in [-0.3, -0.25) is 4.79 Å². The number of halogens is 1. The first kappa shape index (κ1) is 16.2. The SMILES string of the molecule is Cc1cccc(C(=O)Nc2ccc([NH+](C)C)cc2)c1.[Cl-]. The van der Waals surface area contributed by atoms with Crippen molar-refractivity contribution in [1.29, 1.82) is 0 Å². The summed E-state index contributed by atoms with van der Waals surface area (Å²) in [5, 5.41) is 2.90. The molecule has 4 heteroatoms. The van der Waals surface area contributed by atoms with Crippen LogP contribution in [0.4, 0.5) is 11.4 Å². The van der Waals surface area contributed by atoms with Crippen LogP contribution in [0, 0.1) is 6.92 Å². The van der Waals surface area contributed by atoms with Crippen molar-refractivity contribution in [1.82, 2.24) is 0 Å². The molecule has 0 aliphatic heterocycles. The molecule has 0 heterocycles. The highest BCUT2D eigenvalue weighted by molar-refractivity contribution is 6.04.